The number of carbonyl (C=O) groups excluding carboxylic acids is 4. The topological polar surface area (TPSA) is 448 Å². The maximum atomic E-state index is 13.7. The van der Waals surface area contributed by atoms with Gasteiger partial charge in [0.1, 0.15) is 51.7 Å². The van der Waals surface area contributed by atoms with Crippen LogP contribution in [0, 0.1) is 37.9 Å². The largest absolute Gasteiger partial charge is 0.464 e. The maximum absolute atomic E-state index is 13.7. The van der Waals surface area contributed by atoms with Gasteiger partial charge in [0, 0.05) is 43.9 Å². The van der Waals surface area contributed by atoms with E-state index in [-0.39, 0.29) is 105 Å². The van der Waals surface area contributed by atoms with E-state index in [1.807, 2.05) is 34.2 Å². The van der Waals surface area contributed by atoms with Crippen LogP contribution in [0.15, 0.2) is 0 Å². The summed E-state index contributed by atoms with van der Waals surface area (Å²) in [5, 5.41) is 113. The molecule has 0 radical (unpaired) electrons. The minimum atomic E-state index is -1.79. The van der Waals surface area contributed by atoms with Crippen molar-refractivity contribution in [2.75, 3.05) is 139 Å². The number of ether oxygens (including phenoxy) is 1. The van der Waals surface area contributed by atoms with Crippen LogP contribution in [0.25, 0.3) is 0 Å². The number of hydrogen-bond donors (Lipinski definition) is 11. The molecule has 0 aliphatic carbocycles. The van der Waals surface area contributed by atoms with E-state index in [2.05, 4.69) is 29.6 Å². The van der Waals surface area contributed by atoms with Gasteiger partial charge in [-0.25, -0.2) is 73.7 Å². The van der Waals surface area contributed by atoms with Crippen molar-refractivity contribution in [1.82, 2.24) is 0 Å². The number of rotatable bonds is 55. The van der Waals surface area contributed by atoms with E-state index < -0.39 is 110 Å². The van der Waals surface area contributed by atoms with Gasteiger partial charge in [0.2, 0.25) is 6.79 Å². The van der Waals surface area contributed by atoms with Crippen molar-refractivity contribution in [2.24, 2.45) is 37.9 Å². The van der Waals surface area contributed by atoms with Crippen LogP contribution in [0.1, 0.15) is 106 Å². The lowest BCUT2D eigenvalue weighted by Gasteiger charge is -2.37. The Labute approximate surface area is 473 Å². The molecule has 32 heteroatoms. The Hall–Kier alpha value is -2.60. The van der Waals surface area contributed by atoms with Gasteiger partial charge in [0.15, 0.2) is 6.79 Å². The Balaban J connectivity index is -0.00000476. The fourth-order valence-electron chi connectivity index (χ4n) is 6.79. The lowest BCUT2D eigenvalue weighted by Crippen LogP contribution is -2.44. The highest BCUT2D eigenvalue weighted by atomic mass is 17.6. The van der Waals surface area contributed by atoms with Gasteiger partial charge in [-0.05, 0) is 97.5 Å². The van der Waals surface area contributed by atoms with Crippen LogP contribution in [0.2, 0.25) is 0 Å². The highest BCUT2D eigenvalue weighted by molar-refractivity contribution is 5.76. The summed E-state index contributed by atoms with van der Waals surface area (Å²) in [6.07, 6.45) is 2.58. The average molecular weight is 1200 g/mol. The van der Waals surface area contributed by atoms with Crippen LogP contribution in [-0.2, 0) is 102 Å². The fraction of sp³-hybridized carbons (Fsp3) is 0.918. The molecule has 486 valence electrons. The second-order valence-corrected chi connectivity index (χ2v) is 21.1. The van der Waals surface area contributed by atoms with E-state index in [1.165, 1.54) is 6.92 Å². The van der Waals surface area contributed by atoms with Crippen LogP contribution < -0.4 is 0 Å². The third-order valence-corrected chi connectivity index (χ3v) is 12.7. The van der Waals surface area contributed by atoms with Crippen molar-refractivity contribution in [3.63, 3.8) is 0 Å². The van der Waals surface area contributed by atoms with Crippen LogP contribution >= 0.6 is 0 Å². The van der Waals surface area contributed by atoms with Gasteiger partial charge in [-0.1, -0.05) is 34.6 Å². The third-order valence-electron chi connectivity index (χ3n) is 12.7. The van der Waals surface area contributed by atoms with Gasteiger partial charge in [-0.3, -0.25) is 10.1 Å². The van der Waals surface area contributed by atoms with E-state index in [1.54, 1.807) is 20.8 Å². The molecule has 0 spiro atoms. The predicted molar refractivity (Wildman–Crippen MR) is 273 cm³/mol. The summed E-state index contributed by atoms with van der Waals surface area (Å²) in [7, 11) is 0. The smallest absolute Gasteiger partial charge is 0.316 e. The first kappa shape index (κ1) is 84.9. The summed E-state index contributed by atoms with van der Waals surface area (Å²) in [6.45, 7) is 8.97. The third kappa shape index (κ3) is 40.4. The van der Waals surface area contributed by atoms with E-state index in [0.717, 1.165) is 0 Å². The monoisotopic (exact) mass is 1200 g/mol. The SMILES string of the molecule is C=O.C=O.C=O.C[C@](CO)(CCCO)CCCOOC[C@@](C)(CO)COOCC(CC[C@](C)(CCCO)COOCC(C[C@@](C)(CO)CCO)OO)(COOC[C@@](C)(CO)COOCOOCO)COC(=O)[C@@](C)(CO)COOOO. The van der Waals surface area contributed by atoms with Crippen molar-refractivity contribution in [1.29, 1.82) is 0 Å². The molecule has 0 aromatic carbocycles. The molecule has 0 saturated carbocycles. The van der Waals surface area contributed by atoms with Gasteiger partial charge in [0.05, 0.1) is 78.1 Å². The molecule has 0 aliphatic heterocycles. The molecule has 0 aromatic rings. The first-order chi connectivity index (χ1) is 38.7. The van der Waals surface area contributed by atoms with E-state index in [9.17, 15) is 50.9 Å². The second kappa shape index (κ2) is 51.8. The van der Waals surface area contributed by atoms with Crippen molar-refractivity contribution >= 4 is 26.3 Å². The molecule has 8 atom stereocenters. The molecule has 2 unspecified atom stereocenters. The molecule has 32 nitrogen and oxygen atoms in total. The molecule has 0 bridgehead atoms. The molecular weight excluding hydrogens is 1100 g/mol. The standard InChI is InChI=1S/C46H92O29.3CH2O/c1-40(22-50,10-7-16-47)12-9-19-60-62-28-43(4,24-52)29-64-67-34-46(33-59-39(56)45(6,26-54)32-69-75-74-58,35-68-65-30-44(5,25-53)31-66-71-37-72-70-36-55)14-13-41(2,11-8-17-48)27-63-61-21-38(73-57)20-42(3,23-51)15-18-49;3*1-2/h38,47-55,57-58H,7-37H2,1-6H3;3*1H2/t38?,40-,41-,42-,43+,44+,45-,46?;;;/m0.../s1. The molecule has 0 amide bonds. The van der Waals surface area contributed by atoms with Gasteiger partial charge in [-0.2, -0.15) is 0 Å². The summed E-state index contributed by atoms with van der Waals surface area (Å²) in [5.74, 6) is -1.01. The van der Waals surface area contributed by atoms with Crippen LogP contribution in [0.3, 0.4) is 0 Å². The Morgan fingerprint density at radius 2 is 0.877 bits per heavy atom. The Bertz CT molecular complexity index is 1430. The minimum absolute atomic E-state index is 0.0141. The lowest BCUT2D eigenvalue weighted by molar-refractivity contribution is -0.625. The second-order valence-electron chi connectivity index (χ2n) is 21.1. The highest BCUT2D eigenvalue weighted by Crippen LogP contribution is 2.38. The number of aliphatic hydroxyl groups is 9. The zero-order valence-corrected chi connectivity index (χ0v) is 48.1. The van der Waals surface area contributed by atoms with Crippen LogP contribution in [0.5, 0.6) is 0 Å². The highest BCUT2D eigenvalue weighted by Gasteiger charge is 2.42. The number of carbonyl (C=O) groups is 4. The zero-order valence-electron chi connectivity index (χ0n) is 48.1. The first-order valence-corrected chi connectivity index (χ1v) is 25.6. The molecule has 0 heterocycles. The van der Waals surface area contributed by atoms with E-state index in [0.29, 0.717) is 38.5 Å². The Kier molecular flexibility index (Phi) is 54.3. The van der Waals surface area contributed by atoms with Crippen molar-refractivity contribution in [2.45, 2.75) is 112 Å². The minimum Gasteiger partial charge on any atom is -0.464 e. The summed E-state index contributed by atoms with van der Waals surface area (Å²) in [4.78, 5) is 110. The lowest BCUT2D eigenvalue weighted by atomic mass is 9.75. The number of esters is 1. The molecule has 0 aliphatic rings. The normalized spacial score (nSPS) is 17.0. The molecule has 11 N–H and O–H groups in total. The summed E-state index contributed by atoms with van der Waals surface area (Å²) < 4.78 is 5.82. The number of aliphatic hydroxyl groups excluding tert-OH is 9. The molecule has 0 fully saturated rings. The van der Waals surface area contributed by atoms with Crippen molar-refractivity contribution in [3.05, 3.63) is 0 Å². The predicted octanol–water partition coefficient (Wildman–Crippen LogP) is 0.646. The quantitative estimate of drug-likeness (QED) is 0.0131. The molecule has 81 heavy (non-hydrogen) atoms. The molecular formula is C49H98O32. The molecule has 0 rings (SSSR count). The fourth-order valence-corrected chi connectivity index (χ4v) is 6.79. The van der Waals surface area contributed by atoms with E-state index >= 15 is 0 Å². The van der Waals surface area contributed by atoms with Crippen LogP contribution in [-0.4, -0.2) is 228 Å². The Morgan fingerprint density at radius 3 is 1.35 bits per heavy atom. The van der Waals surface area contributed by atoms with Crippen molar-refractivity contribution in [3.8, 4) is 0 Å². The molecule has 0 saturated heterocycles. The zero-order chi connectivity index (χ0) is 62.6. The summed E-state index contributed by atoms with van der Waals surface area (Å²) in [6, 6.07) is 0. The molecule has 0 aromatic heterocycles. The maximum Gasteiger partial charge on any atom is 0.316 e. The van der Waals surface area contributed by atoms with Gasteiger partial charge in [-0.15, -0.1) is 0 Å². The first-order valence-electron chi connectivity index (χ1n) is 25.6. The number of hydrogen-bond acceptors (Lipinski definition) is 32. The van der Waals surface area contributed by atoms with Crippen LogP contribution in [0.4, 0.5) is 0 Å². The summed E-state index contributed by atoms with van der Waals surface area (Å²) >= 11 is 0. The van der Waals surface area contributed by atoms with Gasteiger partial charge >= 0.3 is 5.97 Å². The van der Waals surface area contributed by atoms with Gasteiger partial charge < -0.3 is 65.1 Å². The summed E-state index contributed by atoms with van der Waals surface area (Å²) in [5.41, 5.74) is -7.49. The average Bonchev–Trinajstić information content (AvgIpc) is 3.49. The van der Waals surface area contributed by atoms with E-state index in [4.69, 9.17) is 78.4 Å². The Morgan fingerprint density at radius 1 is 0.420 bits per heavy atom. The van der Waals surface area contributed by atoms with Gasteiger partial charge in [0.25, 0.3) is 0 Å². The van der Waals surface area contributed by atoms with Crippen molar-refractivity contribution < 1.29 is 159 Å².